The summed E-state index contributed by atoms with van der Waals surface area (Å²) in [6, 6.07) is 7.76. The molecule has 0 atom stereocenters. The summed E-state index contributed by atoms with van der Waals surface area (Å²) in [5.74, 6) is -0.245. The van der Waals surface area contributed by atoms with E-state index in [9.17, 15) is 9.18 Å². The summed E-state index contributed by atoms with van der Waals surface area (Å²) >= 11 is 0. The van der Waals surface area contributed by atoms with Crippen LogP contribution in [0.3, 0.4) is 0 Å². The minimum Gasteiger partial charge on any atom is -0.294 e. The highest BCUT2D eigenvalue weighted by Gasteiger charge is 2.10. The quantitative estimate of drug-likeness (QED) is 0.772. The van der Waals surface area contributed by atoms with Crippen molar-refractivity contribution in [3.8, 4) is 0 Å². The molecule has 2 nitrogen and oxygen atoms in total. The first-order valence-electron chi connectivity index (χ1n) is 5.91. The molecule has 0 saturated heterocycles. The molecule has 3 heteroatoms. The molecule has 18 heavy (non-hydrogen) atoms. The topological polar surface area (TPSA) is 30.0 Å². The van der Waals surface area contributed by atoms with Gasteiger partial charge in [0.15, 0.2) is 5.78 Å². The van der Waals surface area contributed by atoms with E-state index in [0.717, 1.165) is 17.5 Å². The van der Waals surface area contributed by atoms with Gasteiger partial charge in [-0.2, -0.15) is 0 Å². The van der Waals surface area contributed by atoms with Gasteiger partial charge in [0, 0.05) is 24.4 Å². The third-order valence-corrected chi connectivity index (χ3v) is 2.86. The summed E-state index contributed by atoms with van der Waals surface area (Å²) in [5.41, 5.74) is 2.47. The third kappa shape index (κ3) is 2.80. The van der Waals surface area contributed by atoms with Crippen LogP contribution in [0.1, 0.15) is 28.4 Å². The predicted octanol–water partition coefficient (Wildman–Crippen LogP) is 3.21. The van der Waals surface area contributed by atoms with Crippen molar-refractivity contribution in [3.05, 3.63) is 65.2 Å². The van der Waals surface area contributed by atoms with Gasteiger partial charge in [-0.05, 0) is 35.7 Å². The van der Waals surface area contributed by atoms with Crippen LogP contribution < -0.4 is 0 Å². The number of nitrogens with zero attached hydrogens (tertiary/aromatic N) is 1. The van der Waals surface area contributed by atoms with E-state index in [-0.39, 0.29) is 18.0 Å². The molecule has 0 fully saturated rings. The summed E-state index contributed by atoms with van der Waals surface area (Å²) in [7, 11) is 0. The summed E-state index contributed by atoms with van der Waals surface area (Å²) in [4.78, 5) is 16.2. The second-order valence-corrected chi connectivity index (χ2v) is 4.11. The molecule has 1 aromatic heterocycles. The van der Waals surface area contributed by atoms with Gasteiger partial charge in [0.2, 0.25) is 0 Å². The second-order valence-electron chi connectivity index (χ2n) is 4.11. The third-order valence-electron chi connectivity index (χ3n) is 2.86. The van der Waals surface area contributed by atoms with Crippen LogP contribution in [0.15, 0.2) is 42.7 Å². The lowest BCUT2D eigenvalue weighted by molar-refractivity contribution is 0.0992. The minimum absolute atomic E-state index is 0.0425. The Balaban J connectivity index is 2.19. The molecule has 0 bridgehead atoms. The Bertz CT molecular complexity index is 549. The zero-order valence-corrected chi connectivity index (χ0v) is 10.2. The number of hydrogen-bond donors (Lipinski definition) is 0. The van der Waals surface area contributed by atoms with Crippen molar-refractivity contribution in [2.45, 2.75) is 19.8 Å². The maximum Gasteiger partial charge on any atom is 0.167 e. The van der Waals surface area contributed by atoms with E-state index >= 15 is 0 Å². The Morgan fingerprint density at radius 1 is 1.22 bits per heavy atom. The number of benzene rings is 1. The fourth-order valence-corrected chi connectivity index (χ4v) is 1.86. The first kappa shape index (κ1) is 12.4. The maximum absolute atomic E-state index is 12.8. The summed E-state index contributed by atoms with van der Waals surface area (Å²) in [5, 5.41) is 0. The lowest BCUT2D eigenvalue weighted by Gasteiger charge is -2.06. The van der Waals surface area contributed by atoms with Crippen LogP contribution in [0.25, 0.3) is 0 Å². The van der Waals surface area contributed by atoms with Crippen molar-refractivity contribution in [2.75, 3.05) is 0 Å². The first-order chi connectivity index (χ1) is 8.70. The van der Waals surface area contributed by atoms with Crippen LogP contribution in [0.5, 0.6) is 0 Å². The number of aryl methyl sites for hydroxylation is 1. The molecule has 0 aliphatic carbocycles. The lowest BCUT2D eigenvalue weighted by atomic mass is 9.99. The van der Waals surface area contributed by atoms with Crippen molar-refractivity contribution in [1.82, 2.24) is 4.98 Å². The molecular weight excluding hydrogens is 229 g/mol. The molecule has 1 heterocycles. The number of carbonyl (C=O) groups excluding carboxylic acids is 1. The van der Waals surface area contributed by atoms with Crippen molar-refractivity contribution >= 4 is 5.78 Å². The molecule has 1 aromatic carbocycles. The van der Waals surface area contributed by atoms with Crippen molar-refractivity contribution in [2.24, 2.45) is 0 Å². The van der Waals surface area contributed by atoms with Gasteiger partial charge in [0.1, 0.15) is 5.82 Å². The highest BCUT2D eigenvalue weighted by Crippen LogP contribution is 2.12. The van der Waals surface area contributed by atoms with Gasteiger partial charge >= 0.3 is 0 Å². The Morgan fingerprint density at radius 3 is 2.61 bits per heavy atom. The molecule has 2 rings (SSSR count). The van der Waals surface area contributed by atoms with Crippen molar-refractivity contribution in [1.29, 1.82) is 0 Å². The zero-order chi connectivity index (χ0) is 13.0. The molecule has 0 spiro atoms. The normalized spacial score (nSPS) is 10.3. The van der Waals surface area contributed by atoms with Gasteiger partial charge < -0.3 is 0 Å². The summed E-state index contributed by atoms with van der Waals surface area (Å²) in [6.45, 7) is 1.99. The fourth-order valence-electron chi connectivity index (χ4n) is 1.86. The fraction of sp³-hybridized carbons (Fsp3) is 0.200. The van der Waals surface area contributed by atoms with E-state index in [0.29, 0.717) is 5.56 Å². The first-order valence-corrected chi connectivity index (χ1v) is 5.91. The molecule has 0 saturated carbocycles. The second kappa shape index (κ2) is 5.54. The Hall–Kier alpha value is -2.03. The smallest absolute Gasteiger partial charge is 0.167 e. The molecular formula is C15H14FNO. The molecule has 0 aliphatic heterocycles. The standard InChI is InChI=1S/C15H14FNO/c1-2-12-10-17-8-7-14(12)15(18)9-11-3-5-13(16)6-4-11/h3-8,10H,2,9H2,1H3. The number of hydrogen-bond acceptors (Lipinski definition) is 2. The van der Waals surface area contributed by atoms with E-state index in [1.165, 1.54) is 12.1 Å². The van der Waals surface area contributed by atoms with E-state index in [4.69, 9.17) is 0 Å². The van der Waals surface area contributed by atoms with Crippen LogP contribution in [0.2, 0.25) is 0 Å². The number of pyridine rings is 1. The molecule has 92 valence electrons. The minimum atomic E-state index is -0.288. The highest BCUT2D eigenvalue weighted by atomic mass is 19.1. The van der Waals surface area contributed by atoms with Crippen LogP contribution in [-0.2, 0) is 12.8 Å². The Labute approximate surface area is 105 Å². The van der Waals surface area contributed by atoms with E-state index in [1.54, 1.807) is 30.6 Å². The van der Waals surface area contributed by atoms with Gasteiger partial charge in [0.05, 0.1) is 0 Å². The molecule has 0 unspecified atom stereocenters. The van der Waals surface area contributed by atoms with Crippen molar-refractivity contribution in [3.63, 3.8) is 0 Å². The number of rotatable bonds is 4. The predicted molar refractivity (Wildman–Crippen MR) is 68.0 cm³/mol. The average molecular weight is 243 g/mol. The van der Waals surface area contributed by atoms with Gasteiger partial charge in [-0.25, -0.2) is 4.39 Å². The van der Waals surface area contributed by atoms with Gasteiger partial charge in [-0.1, -0.05) is 19.1 Å². The van der Waals surface area contributed by atoms with E-state index in [2.05, 4.69) is 4.98 Å². The molecule has 2 aromatic rings. The SMILES string of the molecule is CCc1cnccc1C(=O)Cc1ccc(F)cc1. The number of Topliss-reactive ketones (excluding diaryl/α,β-unsaturated/α-hetero) is 1. The molecule has 0 N–H and O–H groups in total. The van der Waals surface area contributed by atoms with Crippen LogP contribution >= 0.6 is 0 Å². The van der Waals surface area contributed by atoms with E-state index < -0.39 is 0 Å². The summed E-state index contributed by atoms with van der Waals surface area (Å²) in [6.07, 6.45) is 4.41. The number of aromatic nitrogens is 1. The Kier molecular flexibility index (Phi) is 3.82. The Morgan fingerprint density at radius 2 is 1.94 bits per heavy atom. The van der Waals surface area contributed by atoms with Crippen LogP contribution in [0, 0.1) is 5.82 Å². The monoisotopic (exact) mass is 243 g/mol. The molecule has 0 amide bonds. The average Bonchev–Trinajstić information content (AvgIpc) is 2.41. The largest absolute Gasteiger partial charge is 0.294 e. The highest BCUT2D eigenvalue weighted by molar-refractivity contribution is 5.98. The number of halogens is 1. The number of ketones is 1. The number of carbonyl (C=O) groups is 1. The van der Waals surface area contributed by atoms with E-state index in [1.807, 2.05) is 6.92 Å². The van der Waals surface area contributed by atoms with Crippen LogP contribution in [-0.4, -0.2) is 10.8 Å². The summed E-state index contributed by atoms with van der Waals surface area (Å²) < 4.78 is 12.8. The molecule has 0 radical (unpaired) electrons. The van der Waals surface area contributed by atoms with Gasteiger partial charge in [-0.15, -0.1) is 0 Å². The zero-order valence-electron chi connectivity index (χ0n) is 10.2. The van der Waals surface area contributed by atoms with Crippen LogP contribution in [0.4, 0.5) is 4.39 Å². The van der Waals surface area contributed by atoms with Gasteiger partial charge in [0.25, 0.3) is 0 Å². The maximum atomic E-state index is 12.8. The molecule has 0 aliphatic rings. The van der Waals surface area contributed by atoms with Gasteiger partial charge in [-0.3, -0.25) is 9.78 Å². The lowest BCUT2D eigenvalue weighted by Crippen LogP contribution is -2.07. The van der Waals surface area contributed by atoms with Crippen molar-refractivity contribution < 1.29 is 9.18 Å².